The van der Waals surface area contributed by atoms with Crippen molar-refractivity contribution in [2.24, 2.45) is 0 Å². The number of hydrogen-bond donors (Lipinski definition) is 3. The number of nitrogens with one attached hydrogen (secondary N) is 1. The zero-order valence-corrected chi connectivity index (χ0v) is 10.0. The summed E-state index contributed by atoms with van der Waals surface area (Å²) in [5, 5.41) is 9.85. The molecule has 1 aromatic carbocycles. The van der Waals surface area contributed by atoms with Crippen molar-refractivity contribution < 1.29 is 9.90 Å². The molecule has 0 saturated carbocycles. The van der Waals surface area contributed by atoms with Crippen molar-refractivity contribution in [2.45, 2.75) is 24.7 Å². The van der Waals surface area contributed by atoms with Crippen molar-refractivity contribution in [1.82, 2.24) is 4.98 Å². The van der Waals surface area contributed by atoms with Crippen LogP contribution in [-0.4, -0.2) is 16.1 Å². The van der Waals surface area contributed by atoms with Crippen LogP contribution >= 0.6 is 12.6 Å². The number of carboxylic acid groups (broad SMARTS) is 1. The molecule has 1 heterocycles. The molecule has 16 heavy (non-hydrogen) atoms. The second-order valence-corrected chi connectivity index (χ2v) is 4.59. The van der Waals surface area contributed by atoms with Crippen LogP contribution in [0.1, 0.15) is 35.8 Å². The fraction of sp³-hybridized carbons (Fsp3) is 0.250. The molecule has 2 N–H and O–H groups in total. The Balaban J connectivity index is 2.76. The van der Waals surface area contributed by atoms with Crippen molar-refractivity contribution in [3.63, 3.8) is 0 Å². The quantitative estimate of drug-likeness (QED) is 0.700. The molecule has 0 unspecified atom stereocenters. The van der Waals surface area contributed by atoms with Gasteiger partial charge in [-0.2, -0.15) is 0 Å². The lowest BCUT2D eigenvalue weighted by Crippen LogP contribution is -1.96. The van der Waals surface area contributed by atoms with Crippen LogP contribution in [0.25, 0.3) is 10.9 Å². The predicted molar refractivity (Wildman–Crippen MR) is 66.6 cm³/mol. The van der Waals surface area contributed by atoms with E-state index in [1.807, 2.05) is 12.1 Å². The number of H-pyrrole nitrogens is 1. The Morgan fingerprint density at radius 3 is 2.69 bits per heavy atom. The Morgan fingerprint density at radius 2 is 2.12 bits per heavy atom. The van der Waals surface area contributed by atoms with Crippen LogP contribution in [0.5, 0.6) is 0 Å². The number of carbonyl (C=O) groups is 1. The number of rotatable bonds is 2. The molecule has 0 atom stereocenters. The first-order valence-electron chi connectivity index (χ1n) is 5.08. The fourth-order valence-corrected chi connectivity index (χ4v) is 2.36. The van der Waals surface area contributed by atoms with E-state index in [2.05, 4.69) is 31.5 Å². The number of fused-ring (bicyclic) bond motifs is 1. The molecular formula is C12H13NO2S. The van der Waals surface area contributed by atoms with Crippen molar-refractivity contribution in [2.75, 3.05) is 0 Å². The zero-order chi connectivity index (χ0) is 11.9. The largest absolute Gasteiger partial charge is 0.477 e. The van der Waals surface area contributed by atoms with Gasteiger partial charge in [0.15, 0.2) is 0 Å². The van der Waals surface area contributed by atoms with Gasteiger partial charge in [0.1, 0.15) is 5.69 Å². The van der Waals surface area contributed by atoms with E-state index in [0.29, 0.717) is 5.92 Å². The van der Waals surface area contributed by atoms with Crippen molar-refractivity contribution in [3.05, 3.63) is 29.5 Å². The summed E-state index contributed by atoms with van der Waals surface area (Å²) < 4.78 is 0. The lowest BCUT2D eigenvalue weighted by atomic mass is 10.0. The molecule has 0 aliphatic rings. The third-order valence-electron chi connectivity index (χ3n) is 2.62. The van der Waals surface area contributed by atoms with E-state index in [1.165, 1.54) is 0 Å². The van der Waals surface area contributed by atoms with Gasteiger partial charge >= 0.3 is 5.97 Å². The highest BCUT2D eigenvalue weighted by Crippen LogP contribution is 2.31. The van der Waals surface area contributed by atoms with E-state index < -0.39 is 5.97 Å². The molecule has 1 aromatic heterocycles. The maximum Gasteiger partial charge on any atom is 0.352 e. The zero-order valence-electron chi connectivity index (χ0n) is 9.11. The summed E-state index contributed by atoms with van der Waals surface area (Å²) in [7, 11) is 0. The van der Waals surface area contributed by atoms with Gasteiger partial charge in [0.05, 0.1) is 5.52 Å². The second kappa shape index (κ2) is 3.87. The predicted octanol–water partition coefficient (Wildman–Crippen LogP) is 3.28. The van der Waals surface area contributed by atoms with Gasteiger partial charge in [0.2, 0.25) is 0 Å². The first-order valence-corrected chi connectivity index (χ1v) is 5.53. The molecule has 0 fully saturated rings. The van der Waals surface area contributed by atoms with E-state index in [-0.39, 0.29) is 5.69 Å². The fourth-order valence-electron chi connectivity index (χ4n) is 1.91. The number of aromatic carboxylic acids is 1. The van der Waals surface area contributed by atoms with Crippen LogP contribution in [0.15, 0.2) is 23.1 Å². The summed E-state index contributed by atoms with van der Waals surface area (Å²) in [6, 6.07) is 5.43. The van der Waals surface area contributed by atoms with Gasteiger partial charge in [-0.05, 0) is 23.6 Å². The van der Waals surface area contributed by atoms with Crippen LogP contribution in [0.4, 0.5) is 0 Å². The SMILES string of the molecule is CC(C)c1c(S)ccc2cc(C(=O)O)[nH]c12. The molecular weight excluding hydrogens is 222 g/mol. The molecule has 2 aromatic rings. The summed E-state index contributed by atoms with van der Waals surface area (Å²) in [6.07, 6.45) is 0. The van der Waals surface area contributed by atoms with Crippen LogP contribution < -0.4 is 0 Å². The summed E-state index contributed by atoms with van der Waals surface area (Å²) in [4.78, 5) is 14.7. The van der Waals surface area contributed by atoms with Gasteiger partial charge in [-0.15, -0.1) is 12.6 Å². The maximum atomic E-state index is 10.9. The second-order valence-electron chi connectivity index (χ2n) is 4.11. The highest BCUT2D eigenvalue weighted by atomic mass is 32.1. The van der Waals surface area contributed by atoms with Crippen LogP contribution in [0, 0.1) is 0 Å². The molecule has 4 heteroatoms. The Bertz CT molecular complexity index is 557. The normalized spacial score (nSPS) is 11.2. The molecule has 84 valence electrons. The lowest BCUT2D eigenvalue weighted by molar-refractivity contribution is 0.0691. The molecule has 0 radical (unpaired) electrons. The van der Waals surface area contributed by atoms with E-state index in [0.717, 1.165) is 21.4 Å². The Hall–Kier alpha value is -1.42. The van der Waals surface area contributed by atoms with E-state index in [9.17, 15) is 4.79 Å². The van der Waals surface area contributed by atoms with E-state index in [4.69, 9.17) is 5.11 Å². The Morgan fingerprint density at radius 1 is 1.44 bits per heavy atom. The number of aromatic nitrogens is 1. The third-order valence-corrected chi connectivity index (χ3v) is 3.01. The third kappa shape index (κ3) is 1.69. The number of benzene rings is 1. The molecule has 0 bridgehead atoms. The van der Waals surface area contributed by atoms with Gasteiger partial charge in [0.25, 0.3) is 0 Å². The number of aromatic amines is 1. The van der Waals surface area contributed by atoms with Crippen molar-refractivity contribution in [3.8, 4) is 0 Å². The van der Waals surface area contributed by atoms with Gasteiger partial charge < -0.3 is 10.1 Å². The van der Waals surface area contributed by atoms with E-state index >= 15 is 0 Å². The van der Waals surface area contributed by atoms with Crippen molar-refractivity contribution in [1.29, 1.82) is 0 Å². The highest BCUT2D eigenvalue weighted by molar-refractivity contribution is 7.80. The molecule has 0 amide bonds. The standard InChI is InChI=1S/C12H13NO2S/c1-6(2)10-9(16)4-3-7-5-8(12(14)15)13-11(7)10/h3-6,13,16H,1-2H3,(H,14,15). The minimum absolute atomic E-state index is 0.218. The van der Waals surface area contributed by atoms with Gasteiger partial charge in [0, 0.05) is 10.3 Å². The minimum atomic E-state index is -0.938. The van der Waals surface area contributed by atoms with Gasteiger partial charge in [-0.3, -0.25) is 0 Å². The van der Waals surface area contributed by atoms with Crippen molar-refractivity contribution >= 4 is 29.5 Å². The Kier molecular flexibility index (Phi) is 2.68. The van der Waals surface area contributed by atoms with Gasteiger partial charge in [-0.25, -0.2) is 4.79 Å². The lowest BCUT2D eigenvalue weighted by Gasteiger charge is -2.10. The molecule has 3 nitrogen and oxygen atoms in total. The van der Waals surface area contributed by atoms with Crippen LogP contribution in [0.2, 0.25) is 0 Å². The minimum Gasteiger partial charge on any atom is -0.477 e. The van der Waals surface area contributed by atoms with Crippen LogP contribution in [-0.2, 0) is 0 Å². The van der Waals surface area contributed by atoms with E-state index in [1.54, 1.807) is 6.07 Å². The molecule has 2 rings (SSSR count). The molecule has 0 saturated heterocycles. The summed E-state index contributed by atoms with van der Waals surface area (Å²) in [6.45, 7) is 4.13. The smallest absolute Gasteiger partial charge is 0.352 e. The monoisotopic (exact) mass is 235 g/mol. The summed E-state index contributed by atoms with van der Waals surface area (Å²) in [5.74, 6) is -0.636. The van der Waals surface area contributed by atoms with Crippen LogP contribution in [0.3, 0.4) is 0 Å². The first kappa shape index (κ1) is 11.1. The highest BCUT2D eigenvalue weighted by Gasteiger charge is 2.14. The number of carboxylic acids is 1. The topological polar surface area (TPSA) is 53.1 Å². The first-order chi connectivity index (χ1) is 7.50. The summed E-state index contributed by atoms with van der Waals surface area (Å²) >= 11 is 4.41. The molecule has 0 aliphatic heterocycles. The average molecular weight is 235 g/mol. The molecule has 0 aliphatic carbocycles. The average Bonchev–Trinajstić information content (AvgIpc) is 2.60. The number of thiol groups is 1. The molecule has 0 spiro atoms. The number of hydrogen-bond acceptors (Lipinski definition) is 2. The summed E-state index contributed by atoms with van der Waals surface area (Å²) in [5.41, 5.74) is 2.16. The van der Waals surface area contributed by atoms with Gasteiger partial charge in [-0.1, -0.05) is 19.9 Å². The maximum absolute atomic E-state index is 10.9. The Labute approximate surface area is 98.9 Å².